The largest absolute Gasteiger partial charge is 0.478 e. The monoisotopic (exact) mass is 231 g/mol. The third-order valence-corrected chi connectivity index (χ3v) is 2.46. The van der Waals surface area contributed by atoms with Crippen LogP contribution in [0.3, 0.4) is 0 Å². The molecule has 0 aliphatic rings. The highest BCUT2D eigenvalue weighted by Crippen LogP contribution is 2.20. The zero-order valence-electron chi connectivity index (χ0n) is 8.68. The van der Waals surface area contributed by atoms with Crippen molar-refractivity contribution in [2.24, 2.45) is 0 Å². The summed E-state index contributed by atoms with van der Waals surface area (Å²) < 4.78 is 0. The van der Waals surface area contributed by atoms with E-state index in [0.29, 0.717) is 0 Å². The van der Waals surface area contributed by atoms with E-state index in [9.17, 15) is 9.59 Å². The minimum absolute atomic E-state index is 0.0706. The lowest BCUT2D eigenvalue weighted by molar-refractivity contribution is 0.0662. The molecule has 1 amide bonds. The van der Waals surface area contributed by atoms with Crippen molar-refractivity contribution in [2.45, 2.75) is 0 Å². The summed E-state index contributed by atoms with van der Waals surface area (Å²) in [7, 11) is 0. The first-order valence-corrected chi connectivity index (χ1v) is 4.84. The van der Waals surface area contributed by atoms with Crippen LogP contribution < -0.4 is 5.48 Å². The molecule has 17 heavy (non-hydrogen) atoms. The third kappa shape index (κ3) is 1.95. The number of nitrogens with one attached hydrogen (secondary N) is 1. The van der Waals surface area contributed by atoms with Crippen molar-refractivity contribution in [3.8, 4) is 0 Å². The molecule has 0 saturated carbocycles. The van der Waals surface area contributed by atoms with E-state index in [-0.39, 0.29) is 11.1 Å². The molecule has 0 aliphatic heterocycles. The second-order valence-electron chi connectivity index (χ2n) is 3.49. The van der Waals surface area contributed by atoms with Gasteiger partial charge in [-0.25, -0.2) is 10.3 Å². The van der Waals surface area contributed by atoms with Gasteiger partial charge in [-0.3, -0.25) is 10.0 Å². The van der Waals surface area contributed by atoms with Crippen LogP contribution in [0.25, 0.3) is 10.8 Å². The molecule has 0 saturated heterocycles. The lowest BCUT2D eigenvalue weighted by atomic mass is 10.0. The van der Waals surface area contributed by atoms with Crippen molar-refractivity contribution >= 4 is 22.6 Å². The summed E-state index contributed by atoms with van der Waals surface area (Å²) in [5.41, 5.74) is 1.23. The van der Waals surface area contributed by atoms with Crippen LogP contribution in [0.1, 0.15) is 20.7 Å². The van der Waals surface area contributed by atoms with Crippen molar-refractivity contribution < 1.29 is 19.9 Å². The number of benzene rings is 2. The maximum atomic E-state index is 11.4. The minimum Gasteiger partial charge on any atom is -0.478 e. The van der Waals surface area contributed by atoms with Crippen molar-refractivity contribution in [1.29, 1.82) is 0 Å². The molecule has 0 bridgehead atoms. The average Bonchev–Trinajstić information content (AvgIpc) is 2.36. The number of aromatic carboxylic acids is 1. The van der Waals surface area contributed by atoms with Gasteiger partial charge in [0.15, 0.2) is 0 Å². The zero-order chi connectivity index (χ0) is 12.4. The molecule has 2 rings (SSSR count). The van der Waals surface area contributed by atoms with Gasteiger partial charge in [0, 0.05) is 0 Å². The Morgan fingerprint density at radius 2 is 1.53 bits per heavy atom. The van der Waals surface area contributed by atoms with Crippen molar-refractivity contribution in [3.63, 3.8) is 0 Å². The smallest absolute Gasteiger partial charge is 0.336 e. The number of carbonyl (C=O) groups excluding carboxylic acids is 1. The van der Waals surface area contributed by atoms with Crippen LogP contribution >= 0.6 is 0 Å². The molecule has 3 N–H and O–H groups in total. The molecule has 2 aromatic carbocycles. The van der Waals surface area contributed by atoms with E-state index in [1.165, 1.54) is 17.6 Å². The molecule has 0 unspecified atom stereocenters. The summed E-state index contributed by atoms with van der Waals surface area (Å²) in [6.45, 7) is 0. The number of carbonyl (C=O) groups is 2. The fourth-order valence-electron chi connectivity index (χ4n) is 1.67. The van der Waals surface area contributed by atoms with E-state index >= 15 is 0 Å². The second kappa shape index (κ2) is 4.23. The van der Waals surface area contributed by atoms with Crippen LogP contribution in [-0.4, -0.2) is 22.2 Å². The van der Waals surface area contributed by atoms with Crippen molar-refractivity contribution in [2.75, 3.05) is 0 Å². The molecular weight excluding hydrogens is 222 g/mol. The molecule has 0 aliphatic carbocycles. The third-order valence-electron chi connectivity index (χ3n) is 2.46. The van der Waals surface area contributed by atoms with Gasteiger partial charge in [0.05, 0.1) is 11.1 Å². The van der Waals surface area contributed by atoms with Gasteiger partial charge in [0.25, 0.3) is 5.91 Å². The van der Waals surface area contributed by atoms with Crippen LogP contribution in [0, 0.1) is 0 Å². The fraction of sp³-hybridized carbons (Fsp3) is 0. The summed E-state index contributed by atoms with van der Waals surface area (Å²) >= 11 is 0. The van der Waals surface area contributed by atoms with E-state index < -0.39 is 11.9 Å². The SMILES string of the molecule is O=C(O)c1cc2ccccc2cc1C(=O)NO. The highest BCUT2D eigenvalue weighted by Gasteiger charge is 2.16. The Labute approximate surface area is 96.3 Å². The summed E-state index contributed by atoms with van der Waals surface area (Å²) in [6, 6.07) is 9.91. The number of carboxylic acid groups (broad SMARTS) is 1. The van der Waals surface area contributed by atoms with Gasteiger partial charge in [-0.2, -0.15) is 0 Å². The second-order valence-corrected chi connectivity index (χ2v) is 3.49. The number of carboxylic acids is 1. The van der Waals surface area contributed by atoms with E-state index in [1.54, 1.807) is 24.3 Å². The first-order chi connectivity index (χ1) is 8.13. The standard InChI is InChI=1S/C12H9NO4/c14-11(13-17)9-5-7-3-1-2-4-8(7)6-10(9)12(15)16/h1-6,17H,(H,13,14)(H,15,16). The quantitative estimate of drug-likeness (QED) is 0.541. The number of hydroxylamine groups is 1. The molecule has 0 atom stereocenters. The number of hydrogen-bond donors (Lipinski definition) is 3. The van der Waals surface area contributed by atoms with E-state index in [0.717, 1.165) is 10.8 Å². The first kappa shape index (κ1) is 11.1. The van der Waals surface area contributed by atoms with Gasteiger partial charge < -0.3 is 5.11 Å². The molecule has 0 radical (unpaired) electrons. The normalized spacial score (nSPS) is 10.2. The molecule has 5 heteroatoms. The molecule has 5 nitrogen and oxygen atoms in total. The van der Waals surface area contributed by atoms with Gasteiger partial charge in [0.1, 0.15) is 0 Å². The topological polar surface area (TPSA) is 86.6 Å². The highest BCUT2D eigenvalue weighted by atomic mass is 16.5. The van der Waals surface area contributed by atoms with Gasteiger partial charge in [-0.1, -0.05) is 24.3 Å². The van der Waals surface area contributed by atoms with Gasteiger partial charge in [-0.05, 0) is 22.9 Å². The Balaban J connectivity index is 2.75. The van der Waals surface area contributed by atoms with Gasteiger partial charge in [0.2, 0.25) is 0 Å². The van der Waals surface area contributed by atoms with E-state index in [2.05, 4.69) is 0 Å². The molecule has 0 spiro atoms. The van der Waals surface area contributed by atoms with Crippen molar-refractivity contribution in [3.05, 3.63) is 47.5 Å². The Morgan fingerprint density at radius 3 is 2.00 bits per heavy atom. The van der Waals surface area contributed by atoms with Crippen LogP contribution in [0.5, 0.6) is 0 Å². The summed E-state index contributed by atoms with van der Waals surface area (Å²) in [5, 5.41) is 19.0. The Morgan fingerprint density at radius 1 is 1.00 bits per heavy atom. The lowest BCUT2D eigenvalue weighted by Crippen LogP contribution is -2.21. The predicted octanol–water partition coefficient (Wildman–Crippen LogP) is 1.66. The predicted molar refractivity (Wildman–Crippen MR) is 60.2 cm³/mol. The number of rotatable bonds is 2. The molecule has 86 valence electrons. The van der Waals surface area contributed by atoms with Crippen LogP contribution in [0.15, 0.2) is 36.4 Å². The zero-order valence-corrected chi connectivity index (χ0v) is 8.68. The molecule has 0 aromatic heterocycles. The van der Waals surface area contributed by atoms with Crippen molar-refractivity contribution in [1.82, 2.24) is 5.48 Å². The first-order valence-electron chi connectivity index (χ1n) is 4.84. The summed E-state index contributed by atoms with van der Waals surface area (Å²) in [5.74, 6) is -2.05. The maximum Gasteiger partial charge on any atom is 0.336 e. The Kier molecular flexibility index (Phi) is 2.76. The molecular formula is C12H9NO4. The molecule has 0 fully saturated rings. The maximum absolute atomic E-state index is 11.4. The van der Waals surface area contributed by atoms with Gasteiger partial charge >= 0.3 is 5.97 Å². The molecule has 0 heterocycles. The Bertz CT molecular complexity index is 606. The number of hydrogen-bond acceptors (Lipinski definition) is 3. The molecule has 2 aromatic rings. The number of fused-ring (bicyclic) bond motifs is 1. The number of amides is 1. The van der Waals surface area contributed by atoms with E-state index in [4.69, 9.17) is 10.3 Å². The van der Waals surface area contributed by atoms with E-state index in [1.807, 2.05) is 0 Å². The lowest BCUT2D eigenvalue weighted by Gasteiger charge is -2.06. The summed E-state index contributed by atoms with van der Waals surface area (Å²) in [6.07, 6.45) is 0. The van der Waals surface area contributed by atoms with Gasteiger partial charge in [-0.15, -0.1) is 0 Å². The van der Waals surface area contributed by atoms with Crippen LogP contribution in [-0.2, 0) is 0 Å². The van der Waals surface area contributed by atoms with Crippen LogP contribution in [0.4, 0.5) is 0 Å². The summed E-state index contributed by atoms with van der Waals surface area (Å²) in [4.78, 5) is 22.4. The fourth-order valence-corrected chi connectivity index (χ4v) is 1.67. The average molecular weight is 231 g/mol. The Hall–Kier alpha value is -2.40. The minimum atomic E-state index is -1.21. The highest BCUT2D eigenvalue weighted by molar-refractivity contribution is 6.08. The van der Waals surface area contributed by atoms with Crippen LogP contribution in [0.2, 0.25) is 0 Å².